The van der Waals surface area contributed by atoms with E-state index in [4.69, 9.17) is 0 Å². The lowest BCUT2D eigenvalue weighted by Gasteiger charge is -2.10. The number of rotatable bonds is 3. The number of aromatic nitrogens is 2. The fourth-order valence-electron chi connectivity index (χ4n) is 2.05. The van der Waals surface area contributed by atoms with Crippen LogP contribution < -0.4 is 5.32 Å². The van der Waals surface area contributed by atoms with E-state index in [0.29, 0.717) is 5.92 Å². The van der Waals surface area contributed by atoms with E-state index in [0.717, 1.165) is 21.8 Å². The summed E-state index contributed by atoms with van der Waals surface area (Å²) in [6, 6.07) is 0. The second kappa shape index (κ2) is 5.09. The molecule has 0 radical (unpaired) electrons. The molecule has 1 fully saturated rings. The number of halogens is 1. The molecule has 2 rings (SSSR count). The fraction of sp³-hybridized carbons (Fsp3) is 0.636. The van der Waals surface area contributed by atoms with Gasteiger partial charge in [0, 0.05) is 18.7 Å². The largest absolute Gasteiger partial charge is 0.369 e. The molecule has 1 aromatic rings. The van der Waals surface area contributed by atoms with Crippen LogP contribution in [0.15, 0.2) is 6.20 Å². The van der Waals surface area contributed by atoms with Crippen LogP contribution in [0, 0.1) is 3.57 Å². The van der Waals surface area contributed by atoms with Crippen LogP contribution in [0.1, 0.15) is 44.3 Å². The Bertz CT molecular complexity index is 335. The van der Waals surface area contributed by atoms with Gasteiger partial charge in [-0.25, -0.2) is 9.97 Å². The average Bonchev–Trinajstić information content (AvgIpc) is 2.75. The zero-order valence-electron chi connectivity index (χ0n) is 8.96. The molecule has 1 saturated carbocycles. The molecule has 1 aromatic heterocycles. The summed E-state index contributed by atoms with van der Waals surface area (Å²) in [4.78, 5) is 9.06. The van der Waals surface area contributed by atoms with Crippen LogP contribution in [-0.2, 0) is 0 Å². The van der Waals surface area contributed by atoms with E-state index in [1.807, 2.05) is 6.20 Å². The summed E-state index contributed by atoms with van der Waals surface area (Å²) in [5.74, 6) is 2.62. The van der Waals surface area contributed by atoms with E-state index in [-0.39, 0.29) is 0 Å². The number of anilines is 1. The van der Waals surface area contributed by atoms with Crippen molar-refractivity contribution in [2.75, 3.05) is 11.9 Å². The van der Waals surface area contributed by atoms with Crippen molar-refractivity contribution < 1.29 is 0 Å². The Balaban J connectivity index is 2.21. The highest BCUT2D eigenvalue weighted by Gasteiger charge is 2.20. The molecule has 1 heterocycles. The summed E-state index contributed by atoms with van der Waals surface area (Å²) in [5.41, 5.74) is 0. The molecule has 1 N–H and O–H groups in total. The molecule has 1 aliphatic carbocycles. The van der Waals surface area contributed by atoms with Gasteiger partial charge in [0.2, 0.25) is 0 Å². The molecule has 15 heavy (non-hydrogen) atoms. The van der Waals surface area contributed by atoms with Crippen molar-refractivity contribution in [1.29, 1.82) is 0 Å². The van der Waals surface area contributed by atoms with Gasteiger partial charge in [0.15, 0.2) is 0 Å². The lowest BCUT2D eigenvalue weighted by atomic mass is 10.1. The van der Waals surface area contributed by atoms with Gasteiger partial charge in [-0.2, -0.15) is 0 Å². The van der Waals surface area contributed by atoms with Gasteiger partial charge in [-0.15, -0.1) is 0 Å². The van der Waals surface area contributed by atoms with Gasteiger partial charge in [0.05, 0.1) is 3.57 Å². The summed E-state index contributed by atoms with van der Waals surface area (Å²) in [5, 5.41) is 3.28. The third kappa shape index (κ3) is 2.59. The molecular weight excluding hydrogens is 301 g/mol. The zero-order valence-corrected chi connectivity index (χ0v) is 11.1. The van der Waals surface area contributed by atoms with Crippen molar-refractivity contribution in [2.24, 2.45) is 0 Å². The second-order valence-electron chi connectivity index (χ2n) is 3.94. The highest BCUT2D eigenvalue weighted by atomic mass is 127. The Kier molecular flexibility index (Phi) is 3.77. The normalized spacial score (nSPS) is 16.9. The smallest absolute Gasteiger partial charge is 0.143 e. The molecule has 0 bridgehead atoms. The average molecular weight is 317 g/mol. The molecule has 0 atom stereocenters. The van der Waals surface area contributed by atoms with Gasteiger partial charge in [-0.05, 0) is 42.4 Å². The van der Waals surface area contributed by atoms with Gasteiger partial charge in [-0.1, -0.05) is 12.8 Å². The summed E-state index contributed by atoms with van der Waals surface area (Å²) in [6.07, 6.45) is 7.10. The Morgan fingerprint density at radius 3 is 2.87 bits per heavy atom. The summed E-state index contributed by atoms with van der Waals surface area (Å²) < 4.78 is 1.11. The van der Waals surface area contributed by atoms with Crippen LogP contribution in [0.2, 0.25) is 0 Å². The molecule has 82 valence electrons. The van der Waals surface area contributed by atoms with Crippen molar-refractivity contribution in [1.82, 2.24) is 9.97 Å². The minimum atomic E-state index is 0.597. The maximum atomic E-state index is 4.61. The molecule has 0 amide bonds. The highest BCUT2D eigenvalue weighted by molar-refractivity contribution is 14.1. The standard InChI is InChI=1S/C11H16IN3/c1-2-13-11-9(12)7-14-10(15-11)8-5-3-4-6-8/h7-8H,2-6H2,1H3,(H,13,14,15). The van der Waals surface area contributed by atoms with E-state index < -0.39 is 0 Å². The van der Waals surface area contributed by atoms with E-state index in [9.17, 15) is 0 Å². The fourth-order valence-corrected chi connectivity index (χ4v) is 2.50. The second-order valence-corrected chi connectivity index (χ2v) is 5.10. The number of hydrogen-bond acceptors (Lipinski definition) is 3. The quantitative estimate of drug-likeness (QED) is 0.870. The maximum absolute atomic E-state index is 4.61. The Morgan fingerprint density at radius 1 is 1.47 bits per heavy atom. The topological polar surface area (TPSA) is 37.8 Å². The number of nitrogens with zero attached hydrogens (tertiary/aromatic N) is 2. The first-order valence-corrected chi connectivity index (χ1v) is 6.65. The van der Waals surface area contributed by atoms with Crippen LogP contribution in [0.3, 0.4) is 0 Å². The first-order chi connectivity index (χ1) is 7.31. The van der Waals surface area contributed by atoms with Gasteiger partial charge in [0.1, 0.15) is 11.6 Å². The number of hydrogen-bond donors (Lipinski definition) is 1. The SMILES string of the molecule is CCNc1nc(C2CCCC2)ncc1I. The predicted molar refractivity (Wildman–Crippen MR) is 70.1 cm³/mol. The first kappa shape index (κ1) is 11.1. The van der Waals surface area contributed by atoms with Crippen molar-refractivity contribution in [3.63, 3.8) is 0 Å². The van der Waals surface area contributed by atoms with Crippen molar-refractivity contribution in [3.05, 3.63) is 15.6 Å². The first-order valence-electron chi connectivity index (χ1n) is 5.57. The Morgan fingerprint density at radius 2 is 2.20 bits per heavy atom. The van der Waals surface area contributed by atoms with E-state index >= 15 is 0 Å². The minimum absolute atomic E-state index is 0.597. The molecule has 0 saturated heterocycles. The summed E-state index contributed by atoms with van der Waals surface area (Å²) in [6.45, 7) is 3.00. The van der Waals surface area contributed by atoms with Crippen LogP contribution in [0.5, 0.6) is 0 Å². The third-order valence-corrected chi connectivity index (χ3v) is 3.62. The van der Waals surface area contributed by atoms with Crippen molar-refractivity contribution in [2.45, 2.75) is 38.5 Å². The van der Waals surface area contributed by atoms with Gasteiger partial charge >= 0.3 is 0 Å². The summed E-state index contributed by atoms with van der Waals surface area (Å²) >= 11 is 2.28. The van der Waals surface area contributed by atoms with Crippen LogP contribution in [-0.4, -0.2) is 16.5 Å². The number of nitrogens with one attached hydrogen (secondary N) is 1. The van der Waals surface area contributed by atoms with Crippen LogP contribution in [0.4, 0.5) is 5.82 Å². The molecule has 1 aliphatic rings. The van der Waals surface area contributed by atoms with Gasteiger partial charge < -0.3 is 5.32 Å². The maximum Gasteiger partial charge on any atom is 0.143 e. The monoisotopic (exact) mass is 317 g/mol. The predicted octanol–water partition coefficient (Wildman–Crippen LogP) is 3.17. The highest BCUT2D eigenvalue weighted by Crippen LogP contribution is 2.32. The lowest BCUT2D eigenvalue weighted by molar-refractivity contribution is 0.667. The van der Waals surface area contributed by atoms with Crippen LogP contribution >= 0.6 is 22.6 Å². The van der Waals surface area contributed by atoms with Crippen molar-refractivity contribution in [3.8, 4) is 0 Å². The summed E-state index contributed by atoms with van der Waals surface area (Å²) in [7, 11) is 0. The lowest BCUT2D eigenvalue weighted by Crippen LogP contribution is -2.07. The molecule has 0 unspecified atom stereocenters. The molecule has 4 heteroatoms. The zero-order chi connectivity index (χ0) is 10.7. The molecule has 0 aliphatic heterocycles. The minimum Gasteiger partial charge on any atom is -0.369 e. The molecule has 0 spiro atoms. The van der Waals surface area contributed by atoms with Gasteiger partial charge in [-0.3, -0.25) is 0 Å². The van der Waals surface area contributed by atoms with Crippen LogP contribution in [0.25, 0.3) is 0 Å². The third-order valence-electron chi connectivity index (χ3n) is 2.83. The Labute approximate surface area is 104 Å². The van der Waals surface area contributed by atoms with E-state index in [2.05, 4.69) is 44.8 Å². The van der Waals surface area contributed by atoms with E-state index in [1.165, 1.54) is 25.7 Å². The van der Waals surface area contributed by atoms with Crippen molar-refractivity contribution >= 4 is 28.4 Å². The molecular formula is C11H16IN3. The molecule has 0 aromatic carbocycles. The molecule has 3 nitrogen and oxygen atoms in total. The van der Waals surface area contributed by atoms with E-state index in [1.54, 1.807) is 0 Å². The Hall–Kier alpha value is -0.390. The van der Waals surface area contributed by atoms with Gasteiger partial charge in [0.25, 0.3) is 0 Å².